The van der Waals surface area contributed by atoms with Crippen LogP contribution in [0.5, 0.6) is 5.75 Å². The second kappa shape index (κ2) is 8.20. The molecule has 26 heavy (non-hydrogen) atoms. The Labute approximate surface area is 159 Å². The van der Waals surface area contributed by atoms with E-state index in [1.807, 2.05) is 0 Å². The maximum Gasteiger partial charge on any atom is 0.277 e. The topological polar surface area (TPSA) is 90.1 Å². The van der Waals surface area contributed by atoms with Gasteiger partial charge in [-0.05, 0) is 37.3 Å². The summed E-state index contributed by atoms with van der Waals surface area (Å²) in [5, 5.41) is 11.1. The molecule has 3 rings (SSSR count). The molecule has 9 heteroatoms. The largest absolute Gasteiger partial charge is 0.495 e. The van der Waals surface area contributed by atoms with Gasteiger partial charge in [-0.25, -0.2) is 0 Å². The first-order valence-electron chi connectivity index (χ1n) is 7.62. The van der Waals surface area contributed by atoms with Crippen LogP contribution in [0.4, 0.5) is 5.69 Å². The van der Waals surface area contributed by atoms with Gasteiger partial charge in [-0.3, -0.25) is 9.78 Å². The Morgan fingerprint density at radius 3 is 2.77 bits per heavy atom. The van der Waals surface area contributed by atoms with E-state index in [9.17, 15) is 4.79 Å². The normalized spacial score (nSPS) is 11.8. The molecule has 0 aliphatic heterocycles. The van der Waals surface area contributed by atoms with Gasteiger partial charge in [-0.1, -0.05) is 23.4 Å². The van der Waals surface area contributed by atoms with E-state index in [1.54, 1.807) is 49.6 Å². The summed E-state index contributed by atoms with van der Waals surface area (Å²) in [6, 6.07) is 8.54. The van der Waals surface area contributed by atoms with E-state index in [0.29, 0.717) is 27.6 Å². The molecule has 2 aromatic heterocycles. The second-order valence-corrected chi connectivity index (χ2v) is 6.93. The number of aromatic nitrogens is 3. The van der Waals surface area contributed by atoms with Crippen molar-refractivity contribution in [1.82, 2.24) is 15.2 Å². The number of hydrogen-bond donors (Lipinski definition) is 1. The van der Waals surface area contributed by atoms with Crippen molar-refractivity contribution in [2.75, 3.05) is 12.4 Å². The van der Waals surface area contributed by atoms with Crippen molar-refractivity contribution in [3.63, 3.8) is 0 Å². The molecule has 0 radical (unpaired) electrons. The minimum absolute atomic E-state index is 0.237. The number of pyridine rings is 1. The lowest BCUT2D eigenvalue weighted by molar-refractivity contribution is -0.115. The quantitative estimate of drug-likeness (QED) is 0.638. The number of methoxy groups -OCH3 is 1. The van der Waals surface area contributed by atoms with Crippen molar-refractivity contribution in [2.24, 2.45) is 0 Å². The first-order chi connectivity index (χ1) is 12.6. The van der Waals surface area contributed by atoms with Gasteiger partial charge in [0.15, 0.2) is 0 Å². The predicted molar refractivity (Wildman–Crippen MR) is 99.5 cm³/mol. The number of amides is 1. The van der Waals surface area contributed by atoms with Gasteiger partial charge in [0, 0.05) is 23.0 Å². The lowest BCUT2D eigenvalue weighted by atomic mass is 10.3. The third kappa shape index (κ3) is 4.33. The zero-order chi connectivity index (χ0) is 18.5. The summed E-state index contributed by atoms with van der Waals surface area (Å²) < 4.78 is 10.8. The molecule has 7 nitrogen and oxygen atoms in total. The van der Waals surface area contributed by atoms with E-state index < -0.39 is 5.25 Å². The summed E-state index contributed by atoms with van der Waals surface area (Å²) in [7, 11) is 1.52. The van der Waals surface area contributed by atoms with Crippen molar-refractivity contribution in [2.45, 2.75) is 17.4 Å². The Bertz CT molecular complexity index is 904. The average Bonchev–Trinajstić information content (AvgIpc) is 3.11. The molecule has 0 aliphatic carbocycles. The van der Waals surface area contributed by atoms with Crippen LogP contribution in [0.15, 0.2) is 52.4 Å². The first kappa shape index (κ1) is 18.2. The predicted octanol–water partition coefficient (Wildman–Crippen LogP) is 3.91. The number of rotatable bonds is 6. The van der Waals surface area contributed by atoms with Crippen molar-refractivity contribution < 1.29 is 13.9 Å². The summed E-state index contributed by atoms with van der Waals surface area (Å²) in [6.07, 6.45) is 3.28. The fourth-order valence-corrected chi connectivity index (χ4v) is 2.94. The average molecular weight is 391 g/mol. The fourth-order valence-electron chi connectivity index (χ4n) is 2.09. The van der Waals surface area contributed by atoms with Crippen molar-refractivity contribution in [3.05, 3.63) is 47.7 Å². The van der Waals surface area contributed by atoms with Crippen LogP contribution in [-0.4, -0.2) is 33.4 Å². The summed E-state index contributed by atoms with van der Waals surface area (Å²) in [6.45, 7) is 1.74. The Morgan fingerprint density at radius 2 is 2.04 bits per heavy atom. The number of nitrogens with zero attached hydrogens (tertiary/aromatic N) is 3. The van der Waals surface area contributed by atoms with Gasteiger partial charge >= 0.3 is 0 Å². The molecule has 0 aliphatic rings. The number of hydrogen-bond acceptors (Lipinski definition) is 7. The third-order valence-electron chi connectivity index (χ3n) is 3.40. The van der Waals surface area contributed by atoms with Crippen LogP contribution in [-0.2, 0) is 4.79 Å². The van der Waals surface area contributed by atoms with Crippen molar-refractivity contribution in [3.8, 4) is 17.2 Å². The van der Waals surface area contributed by atoms with E-state index in [0.717, 1.165) is 17.3 Å². The standard InChI is InChI=1S/C17H15ClN4O3S/c1-10(15(23)20-13-9-12(18)3-4-14(13)24-2)26-17-22-21-16(25-17)11-5-7-19-8-6-11/h3-10H,1-2H3,(H,20,23)/t10-/m1/s1. The van der Waals surface area contributed by atoms with Gasteiger partial charge in [0.2, 0.25) is 11.8 Å². The van der Waals surface area contributed by atoms with Gasteiger partial charge in [0.1, 0.15) is 5.75 Å². The Kier molecular flexibility index (Phi) is 5.75. The van der Waals surface area contributed by atoms with Crippen LogP contribution in [0.3, 0.4) is 0 Å². The van der Waals surface area contributed by atoms with E-state index in [-0.39, 0.29) is 5.91 Å². The van der Waals surface area contributed by atoms with Gasteiger partial charge in [-0.15, -0.1) is 10.2 Å². The lowest BCUT2D eigenvalue weighted by Gasteiger charge is -2.13. The number of carbonyl (C=O) groups excluding carboxylic acids is 1. The molecule has 1 amide bonds. The number of benzene rings is 1. The monoisotopic (exact) mass is 390 g/mol. The molecule has 0 saturated carbocycles. The molecule has 2 heterocycles. The molecule has 1 atom stereocenters. The first-order valence-corrected chi connectivity index (χ1v) is 8.87. The maximum atomic E-state index is 12.4. The fraction of sp³-hybridized carbons (Fsp3) is 0.176. The van der Waals surface area contributed by atoms with Gasteiger partial charge < -0.3 is 14.5 Å². The summed E-state index contributed by atoms with van der Waals surface area (Å²) in [5.41, 5.74) is 1.26. The highest BCUT2D eigenvalue weighted by Gasteiger charge is 2.20. The second-order valence-electron chi connectivity index (χ2n) is 5.20. The molecule has 1 N–H and O–H groups in total. The highest BCUT2D eigenvalue weighted by molar-refractivity contribution is 8.00. The SMILES string of the molecule is COc1ccc(Cl)cc1NC(=O)[C@@H](C)Sc1nnc(-c2ccncc2)o1. The van der Waals surface area contributed by atoms with E-state index in [4.69, 9.17) is 20.8 Å². The summed E-state index contributed by atoms with van der Waals surface area (Å²) in [4.78, 5) is 16.4. The summed E-state index contributed by atoms with van der Waals surface area (Å²) in [5.74, 6) is 0.663. The smallest absolute Gasteiger partial charge is 0.277 e. The van der Waals surface area contributed by atoms with E-state index in [1.165, 1.54) is 7.11 Å². The number of ether oxygens (including phenoxy) is 1. The van der Waals surface area contributed by atoms with Crippen LogP contribution in [0, 0.1) is 0 Å². The Hall–Kier alpha value is -2.58. The van der Waals surface area contributed by atoms with Gasteiger partial charge in [-0.2, -0.15) is 0 Å². The minimum atomic E-state index is -0.468. The lowest BCUT2D eigenvalue weighted by Crippen LogP contribution is -2.22. The molecular formula is C17H15ClN4O3S. The molecule has 0 bridgehead atoms. The highest BCUT2D eigenvalue weighted by atomic mass is 35.5. The van der Waals surface area contributed by atoms with Gasteiger partial charge in [0.05, 0.1) is 18.0 Å². The zero-order valence-electron chi connectivity index (χ0n) is 14.0. The van der Waals surface area contributed by atoms with Crippen LogP contribution in [0.1, 0.15) is 6.92 Å². The molecule has 1 aromatic carbocycles. The van der Waals surface area contributed by atoms with Crippen LogP contribution in [0.25, 0.3) is 11.5 Å². The van der Waals surface area contributed by atoms with E-state index in [2.05, 4.69) is 20.5 Å². The number of thioether (sulfide) groups is 1. The van der Waals surface area contributed by atoms with E-state index >= 15 is 0 Å². The van der Waals surface area contributed by atoms with Crippen LogP contribution >= 0.6 is 23.4 Å². The summed E-state index contributed by atoms with van der Waals surface area (Å²) >= 11 is 7.14. The minimum Gasteiger partial charge on any atom is -0.495 e. The number of anilines is 1. The van der Waals surface area contributed by atoms with Crippen LogP contribution in [0.2, 0.25) is 5.02 Å². The number of carbonyl (C=O) groups is 1. The molecule has 0 spiro atoms. The molecular weight excluding hydrogens is 376 g/mol. The van der Waals surface area contributed by atoms with Crippen molar-refractivity contribution in [1.29, 1.82) is 0 Å². The zero-order valence-corrected chi connectivity index (χ0v) is 15.5. The number of nitrogens with one attached hydrogen (secondary N) is 1. The third-order valence-corrected chi connectivity index (χ3v) is 4.57. The molecule has 0 unspecified atom stereocenters. The maximum absolute atomic E-state index is 12.4. The Morgan fingerprint density at radius 1 is 1.27 bits per heavy atom. The molecule has 0 saturated heterocycles. The number of halogens is 1. The van der Waals surface area contributed by atoms with Crippen molar-refractivity contribution >= 4 is 35.0 Å². The van der Waals surface area contributed by atoms with Crippen LogP contribution < -0.4 is 10.1 Å². The highest BCUT2D eigenvalue weighted by Crippen LogP contribution is 2.30. The Balaban J connectivity index is 1.67. The van der Waals surface area contributed by atoms with Gasteiger partial charge in [0.25, 0.3) is 5.22 Å². The molecule has 3 aromatic rings. The molecule has 0 fully saturated rings. The molecule has 134 valence electrons.